The van der Waals surface area contributed by atoms with Gasteiger partial charge in [-0.05, 0) is 24.4 Å². The number of nitrogens with one attached hydrogen (secondary N) is 3. The SMILES string of the molecule is FC(F)Oc1ccccc1NC(=S)NCC[NH+]1CCOCC1. The first-order chi connectivity index (χ1) is 10.6. The summed E-state index contributed by atoms with van der Waals surface area (Å²) in [6, 6.07) is 6.45. The molecule has 0 saturated carbocycles. The molecule has 0 bridgehead atoms. The molecule has 0 aliphatic carbocycles. The number of halogens is 2. The third-order valence-corrected chi connectivity index (χ3v) is 3.56. The van der Waals surface area contributed by atoms with Crippen molar-refractivity contribution < 1.29 is 23.2 Å². The minimum absolute atomic E-state index is 0.0699. The molecule has 0 atom stereocenters. The molecule has 1 aliphatic rings. The molecule has 22 heavy (non-hydrogen) atoms. The maximum atomic E-state index is 12.3. The van der Waals surface area contributed by atoms with Crippen LogP contribution in [0.3, 0.4) is 0 Å². The summed E-state index contributed by atoms with van der Waals surface area (Å²) in [6.07, 6.45) is 0. The zero-order valence-electron chi connectivity index (χ0n) is 12.1. The normalized spacial score (nSPS) is 15.6. The molecule has 1 heterocycles. The lowest BCUT2D eigenvalue weighted by molar-refractivity contribution is -0.906. The summed E-state index contributed by atoms with van der Waals surface area (Å²) < 4.78 is 34.4. The molecule has 8 heteroatoms. The van der Waals surface area contributed by atoms with Gasteiger partial charge in [-0.2, -0.15) is 8.78 Å². The van der Waals surface area contributed by atoms with E-state index in [1.807, 2.05) is 0 Å². The van der Waals surface area contributed by atoms with Gasteiger partial charge in [0.05, 0.1) is 32.0 Å². The monoisotopic (exact) mass is 332 g/mol. The number of benzene rings is 1. The Hall–Kier alpha value is -1.51. The molecule has 0 radical (unpaired) electrons. The van der Waals surface area contributed by atoms with E-state index in [1.165, 1.54) is 11.0 Å². The van der Waals surface area contributed by atoms with Crippen molar-refractivity contribution >= 4 is 23.0 Å². The summed E-state index contributed by atoms with van der Waals surface area (Å²) in [7, 11) is 0. The third kappa shape index (κ3) is 5.70. The third-order valence-electron chi connectivity index (χ3n) is 3.32. The first-order valence-corrected chi connectivity index (χ1v) is 7.56. The Labute approximate surface area is 133 Å². The fraction of sp³-hybridized carbons (Fsp3) is 0.500. The van der Waals surface area contributed by atoms with Gasteiger partial charge in [-0.3, -0.25) is 0 Å². The Balaban J connectivity index is 1.76. The summed E-state index contributed by atoms with van der Waals surface area (Å²) in [5, 5.41) is 6.34. The van der Waals surface area contributed by atoms with Crippen LogP contribution in [0.15, 0.2) is 24.3 Å². The van der Waals surface area contributed by atoms with Crippen LogP contribution in [0.1, 0.15) is 0 Å². The van der Waals surface area contributed by atoms with Gasteiger partial charge in [0.15, 0.2) is 5.11 Å². The minimum Gasteiger partial charge on any atom is -0.433 e. The highest BCUT2D eigenvalue weighted by molar-refractivity contribution is 7.80. The molecule has 122 valence electrons. The zero-order valence-corrected chi connectivity index (χ0v) is 12.9. The summed E-state index contributed by atoms with van der Waals surface area (Å²) in [6.45, 7) is 2.33. The van der Waals surface area contributed by atoms with Crippen molar-refractivity contribution in [1.82, 2.24) is 5.32 Å². The average molecular weight is 332 g/mol. The molecule has 1 fully saturated rings. The van der Waals surface area contributed by atoms with Crippen molar-refractivity contribution in [2.75, 3.05) is 44.7 Å². The average Bonchev–Trinajstić information content (AvgIpc) is 2.50. The van der Waals surface area contributed by atoms with E-state index in [2.05, 4.69) is 15.4 Å². The number of morpholine rings is 1. The summed E-state index contributed by atoms with van der Waals surface area (Å²) in [5.74, 6) is 0.0699. The molecular formula is C14H20F2N3O2S+. The molecule has 0 spiro atoms. The number of anilines is 1. The molecule has 0 amide bonds. The van der Waals surface area contributed by atoms with Gasteiger partial charge in [0.2, 0.25) is 0 Å². The van der Waals surface area contributed by atoms with Gasteiger partial charge in [0.25, 0.3) is 0 Å². The predicted octanol–water partition coefficient (Wildman–Crippen LogP) is 0.489. The number of hydrogen-bond donors (Lipinski definition) is 3. The molecule has 1 aliphatic heterocycles. The zero-order chi connectivity index (χ0) is 15.8. The van der Waals surface area contributed by atoms with Gasteiger partial charge >= 0.3 is 6.61 Å². The molecular weight excluding hydrogens is 312 g/mol. The van der Waals surface area contributed by atoms with Crippen LogP contribution in [0, 0.1) is 0 Å². The molecule has 3 N–H and O–H groups in total. The van der Waals surface area contributed by atoms with Crippen LogP contribution in [-0.4, -0.2) is 51.1 Å². The lowest BCUT2D eigenvalue weighted by Gasteiger charge is -2.24. The number of ether oxygens (including phenoxy) is 2. The first-order valence-electron chi connectivity index (χ1n) is 7.15. The second-order valence-corrected chi connectivity index (χ2v) is 5.28. The van der Waals surface area contributed by atoms with Gasteiger partial charge in [-0.25, -0.2) is 0 Å². The lowest BCUT2D eigenvalue weighted by atomic mass is 10.3. The first kappa shape index (κ1) is 16.9. The maximum Gasteiger partial charge on any atom is 0.387 e. The number of rotatable bonds is 6. The van der Waals surface area contributed by atoms with Crippen molar-refractivity contribution in [3.05, 3.63) is 24.3 Å². The fourth-order valence-electron chi connectivity index (χ4n) is 2.20. The molecule has 0 unspecified atom stereocenters. The Morgan fingerprint density at radius 3 is 2.77 bits per heavy atom. The number of alkyl halides is 2. The Morgan fingerprint density at radius 2 is 2.05 bits per heavy atom. The summed E-state index contributed by atoms with van der Waals surface area (Å²) in [5.41, 5.74) is 0.416. The molecule has 2 rings (SSSR count). The Morgan fingerprint density at radius 1 is 1.32 bits per heavy atom. The van der Waals surface area contributed by atoms with Gasteiger partial charge in [0, 0.05) is 0 Å². The Bertz CT molecular complexity index is 485. The summed E-state index contributed by atoms with van der Waals surface area (Å²) in [4.78, 5) is 1.46. The van der Waals surface area contributed by atoms with E-state index in [0.717, 1.165) is 32.8 Å². The minimum atomic E-state index is -2.87. The van der Waals surface area contributed by atoms with Crippen molar-refractivity contribution in [3.8, 4) is 5.75 Å². The lowest BCUT2D eigenvalue weighted by Crippen LogP contribution is -3.14. The number of thiocarbonyl (C=S) groups is 1. The highest BCUT2D eigenvalue weighted by atomic mass is 32.1. The van der Waals surface area contributed by atoms with Crippen LogP contribution < -0.4 is 20.3 Å². The van der Waals surface area contributed by atoms with E-state index in [4.69, 9.17) is 17.0 Å². The van der Waals surface area contributed by atoms with E-state index >= 15 is 0 Å². The van der Waals surface area contributed by atoms with Crippen LogP contribution in [0.5, 0.6) is 5.75 Å². The second kappa shape index (κ2) is 8.82. The second-order valence-electron chi connectivity index (χ2n) is 4.87. The van der Waals surface area contributed by atoms with E-state index < -0.39 is 6.61 Å². The van der Waals surface area contributed by atoms with Crippen LogP contribution in [0.2, 0.25) is 0 Å². The number of para-hydroxylation sites is 2. The molecule has 1 aromatic carbocycles. The van der Waals surface area contributed by atoms with E-state index in [-0.39, 0.29) is 5.75 Å². The number of hydrogen-bond acceptors (Lipinski definition) is 3. The van der Waals surface area contributed by atoms with Gasteiger partial charge in [-0.15, -0.1) is 0 Å². The quantitative estimate of drug-likeness (QED) is 0.662. The van der Waals surface area contributed by atoms with Crippen molar-refractivity contribution in [1.29, 1.82) is 0 Å². The van der Waals surface area contributed by atoms with Crippen LogP contribution in [0.4, 0.5) is 14.5 Å². The fourth-order valence-corrected chi connectivity index (χ4v) is 2.41. The maximum absolute atomic E-state index is 12.3. The van der Waals surface area contributed by atoms with Gasteiger partial charge in [-0.1, -0.05) is 12.1 Å². The van der Waals surface area contributed by atoms with Gasteiger partial charge < -0.3 is 25.0 Å². The van der Waals surface area contributed by atoms with E-state index in [1.54, 1.807) is 18.2 Å². The highest BCUT2D eigenvalue weighted by Crippen LogP contribution is 2.25. The molecule has 1 saturated heterocycles. The standard InChI is InChI=1S/C14H19F2N3O2S/c15-13(16)21-12-4-2-1-3-11(12)18-14(22)17-5-6-19-7-9-20-10-8-19/h1-4,13H,5-10H2,(H2,17,18,22)/p+1. The van der Waals surface area contributed by atoms with Crippen molar-refractivity contribution in [3.63, 3.8) is 0 Å². The number of quaternary nitrogens is 1. The topological polar surface area (TPSA) is 47.0 Å². The van der Waals surface area contributed by atoms with E-state index in [9.17, 15) is 8.78 Å². The van der Waals surface area contributed by atoms with Crippen LogP contribution in [-0.2, 0) is 4.74 Å². The molecule has 5 nitrogen and oxygen atoms in total. The molecule has 1 aromatic rings. The van der Waals surface area contributed by atoms with Crippen molar-refractivity contribution in [2.24, 2.45) is 0 Å². The van der Waals surface area contributed by atoms with Crippen LogP contribution >= 0.6 is 12.2 Å². The highest BCUT2D eigenvalue weighted by Gasteiger charge is 2.13. The summed E-state index contributed by atoms with van der Waals surface area (Å²) >= 11 is 5.18. The smallest absolute Gasteiger partial charge is 0.387 e. The molecule has 0 aromatic heterocycles. The predicted molar refractivity (Wildman–Crippen MR) is 83.7 cm³/mol. The van der Waals surface area contributed by atoms with Crippen molar-refractivity contribution in [2.45, 2.75) is 6.61 Å². The van der Waals surface area contributed by atoms with Crippen LogP contribution in [0.25, 0.3) is 0 Å². The Kier molecular flexibility index (Phi) is 6.75. The van der Waals surface area contributed by atoms with Gasteiger partial charge in [0.1, 0.15) is 18.8 Å². The largest absolute Gasteiger partial charge is 0.433 e. The van der Waals surface area contributed by atoms with E-state index in [0.29, 0.717) is 17.3 Å².